The molecule has 1 aliphatic carbocycles. The zero-order valence-corrected chi connectivity index (χ0v) is 33.0. The van der Waals surface area contributed by atoms with E-state index in [1.165, 1.54) is 39.9 Å². The fourth-order valence-electron chi connectivity index (χ4n) is 7.58. The minimum atomic E-state index is -1.59. The van der Waals surface area contributed by atoms with Gasteiger partial charge in [-0.05, 0) is 84.0 Å². The Hall–Kier alpha value is -3.37. The van der Waals surface area contributed by atoms with E-state index in [-0.39, 0.29) is 20.1 Å². The van der Waals surface area contributed by atoms with Gasteiger partial charge in [-0.2, -0.15) is 0 Å². The Morgan fingerprint density at radius 2 is 1.52 bits per heavy atom. The minimum Gasteiger partial charge on any atom is -0.501 e. The van der Waals surface area contributed by atoms with Crippen molar-refractivity contribution in [3.05, 3.63) is 115 Å². The van der Waals surface area contributed by atoms with Crippen LogP contribution in [-0.4, -0.2) is 18.0 Å². The Morgan fingerprint density at radius 1 is 0.812 bits per heavy atom. The van der Waals surface area contributed by atoms with Gasteiger partial charge in [0.15, 0.2) is 0 Å². The summed E-state index contributed by atoms with van der Waals surface area (Å²) in [6.07, 6.45) is 6.53. The molecular formula is C43H48IrN2OSi-2. The molecule has 2 atom stereocenters. The van der Waals surface area contributed by atoms with E-state index in [1.807, 2.05) is 49.6 Å². The number of fused-ring (bicyclic) bond motifs is 3. The van der Waals surface area contributed by atoms with Gasteiger partial charge in [0.2, 0.25) is 0 Å². The third-order valence-corrected chi connectivity index (χ3v) is 12.1. The minimum absolute atomic E-state index is 0. The summed E-state index contributed by atoms with van der Waals surface area (Å²) in [6, 6.07) is 34.0. The molecule has 0 amide bonds. The second-order valence-corrected chi connectivity index (χ2v) is 20.1. The molecular weight excluding hydrogens is 781 g/mol. The maximum Gasteiger partial charge on any atom is 0.120 e. The van der Waals surface area contributed by atoms with Crippen molar-refractivity contribution in [3.63, 3.8) is 0 Å². The van der Waals surface area contributed by atoms with Gasteiger partial charge in [0.25, 0.3) is 0 Å². The van der Waals surface area contributed by atoms with Crippen LogP contribution in [-0.2, 0) is 20.1 Å². The van der Waals surface area contributed by atoms with Gasteiger partial charge in [-0.3, -0.25) is 0 Å². The standard InChI is InChI=1S/C31H38NOSi.C12H10N.Ir/c1-19(2)22-12-13-23(20(3)4)29(22)21-16-17-32-26(18-21)24-14-15-28(34(5,6)7)30-25-10-8-9-11-27(25)33-31(24)30;1-10-7-8-12(13-9-10)11-5-3-2-4-6-11;/h8-11,15-20,22-23,29H,12-13H2,1-7H3;2-5,7-9H,1H3;/q2*-1;. The number of furan rings is 1. The Bertz CT molecular complexity index is 1940. The van der Waals surface area contributed by atoms with E-state index in [4.69, 9.17) is 9.40 Å². The first kappa shape index (κ1) is 35.9. The number of nitrogens with zero attached hydrogens (tertiary/aromatic N) is 2. The summed E-state index contributed by atoms with van der Waals surface area (Å²) in [6.45, 7) is 18.8. The molecule has 1 fully saturated rings. The molecule has 7 rings (SSSR count). The number of benzene rings is 3. The van der Waals surface area contributed by atoms with Crippen LogP contribution in [0.2, 0.25) is 19.6 Å². The predicted molar refractivity (Wildman–Crippen MR) is 201 cm³/mol. The molecule has 3 heterocycles. The van der Waals surface area contributed by atoms with Crippen molar-refractivity contribution < 1.29 is 24.5 Å². The van der Waals surface area contributed by atoms with E-state index in [0.717, 1.165) is 45.5 Å². The maximum atomic E-state index is 6.51. The van der Waals surface area contributed by atoms with Crippen LogP contribution in [0.15, 0.2) is 95.7 Å². The Labute approximate surface area is 302 Å². The smallest absolute Gasteiger partial charge is 0.120 e. The number of hydrogen-bond donors (Lipinski definition) is 0. The van der Waals surface area contributed by atoms with Crippen molar-refractivity contribution in [2.24, 2.45) is 23.7 Å². The van der Waals surface area contributed by atoms with Crippen LogP contribution < -0.4 is 5.19 Å². The van der Waals surface area contributed by atoms with Gasteiger partial charge in [0.05, 0.1) is 5.58 Å². The molecule has 0 bridgehead atoms. The zero-order chi connectivity index (χ0) is 33.3. The molecule has 251 valence electrons. The quantitative estimate of drug-likeness (QED) is 0.124. The van der Waals surface area contributed by atoms with E-state index in [0.29, 0.717) is 17.8 Å². The van der Waals surface area contributed by atoms with Crippen LogP contribution in [0.25, 0.3) is 44.5 Å². The Kier molecular flexibility index (Phi) is 11.2. The number of pyridine rings is 2. The molecule has 2 unspecified atom stereocenters. The number of aryl methyl sites for hydroxylation is 1. The number of hydrogen-bond acceptors (Lipinski definition) is 3. The summed E-state index contributed by atoms with van der Waals surface area (Å²) in [5, 5.41) is 3.87. The summed E-state index contributed by atoms with van der Waals surface area (Å²) < 4.78 is 6.51. The summed E-state index contributed by atoms with van der Waals surface area (Å²) in [7, 11) is -1.59. The van der Waals surface area contributed by atoms with Crippen LogP contribution in [0, 0.1) is 42.7 Å². The molecule has 1 aliphatic rings. The largest absolute Gasteiger partial charge is 0.501 e. The molecule has 0 N–H and O–H groups in total. The average Bonchev–Trinajstić information content (AvgIpc) is 3.68. The predicted octanol–water partition coefficient (Wildman–Crippen LogP) is 11.3. The Balaban J connectivity index is 0.000000270. The first-order chi connectivity index (χ1) is 22.5. The molecule has 6 aromatic rings. The van der Waals surface area contributed by atoms with E-state index >= 15 is 0 Å². The van der Waals surface area contributed by atoms with Gasteiger partial charge in [-0.25, -0.2) is 0 Å². The van der Waals surface area contributed by atoms with Crippen molar-refractivity contribution in [2.45, 2.75) is 73.0 Å². The van der Waals surface area contributed by atoms with Crippen LogP contribution in [0.3, 0.4) is 0 Å². The van der Waals surface area contributed by atoms with Crippen LogP contribution >= 0.6 is 0 Å². The van der Waals surface area contributed by atoms with Crippen molar-refractivity contribution in [2.75, 3.05) is 0 Å². The van der Waals surface area contributed by atoms with Gasteiger partial charge in [-0.1, -0.05) is 94.7 Å². The van der Waals surface area contributed by atoms with E-state index in [1.54, 1.807) is 0 Å². The van der Waals surface area contributed by atoms with Crippen LogP contribution in [0.4, 0.5) is 0 Å². The summed E-state index contributed by atoms with van der Waals surface area (Å²) in [5.74, 6) is 3.43. The number of aromatic nitrogens is 2. The molecule has 0 spiro atoms. The monoisotopic (exact) mass is 829 g/mol. The first-order valence-electron chi connectivity index (χ1n) is 17.3. The van der Waals surface area contributed by atoms with Crippen molar-refractivity contribution in [1.82, 2.24) is 9.97 Å². The molecule has 3 aromatic carbocycles. The van der Waals surface area contributed by atoms with E-state index < -0.39 is 8.07 Å². The van der Waals surface area contributed by atoms with Gasteiger partial charge >= 0.3 is 0 Å². The summed E-state index contributed by atoms with van der Waals surface area (Å²) in [5.41, 5.74) is 8.51. The molecule has 5 heteroatoms. The molecule has 48 heavy (non-hydrogen) atoms. The van der Waals surface area contributed by atoms with Gasteiger partial charge in [-0.15, -0.1) is 53.2 Å². The molecule has 0 aliphatic heterocycles. The van der Waals surface area contributed by atoms with Crippen molar-refractivity contribution in [1.29, 1.82) is 0 Å². The third kappa shape index (κ3) is 7.44. The molecule has 3 aromatic heterocycles. The fraction of sp³-hybridized carbons (Fsp3) is 0.349. The van der Waals surface area contributed by atoms with E-state index in [9.17, 15) is 0 Å². The zero-order valence-electron chi connectivity index (χ0n) is 29.6. The Morgan fingerprint density at radius 3 is 2.15 bits per heavy atom. The normalized spacial score (nSPS) is 17.8. The molecule has 1 saturated carbocycles. The van der Waals surface area contributed by atoms with Gasteiger partial charge < -0.3 is 14.4 Å². The van der Waals surface area contributed by atoms with E-state index in [2.05, 4.69) is 113 Å². The van der Waals surface area contributed by atoms with Crippen molar-refractivity contribution in [3.8, 4) is 22.5 Å². The average molecular weight is 829 g/mol. The molecule has 1 radical (unpaired) electrons. The molecule has 3 nitrogen and oxygen atoms in total. The number of para-hydroxylation sites is 1. The summed E-state index contributed by atoms with van der Waals surface area (Å²) >= 11 is 0. The summed E-state index contributed by atoms with van der Waals surface area (Å²) in [4.78, 5) is 9.17. The first-order valence-corrected chi connectivity index (χ1v) is 20.8. The van der Waals surface area contributed by atoms with Crippen molar-refractivity contribution >= 4 is 35.2 Å². The topological polar surface area (TPSA) is 38.9 Å². The number of rotatable bonds is 6. The molecule has 0 saturated heterocycles. The van der Waals surface area contributed by atoms with Crippen LogP contribution in [0.1, 0.15) is 57.6 Å². The fourth-order valence-corrected chi connectivity index (χ4v) is 9.08. The maximum absolute atomic E-state index is 6.51. The second-order valence-electron chi connectivity index (χ2n) is 15.0. The second kappa shape index (κ2) is 15.0. The van der Waals surface area contributed by atoms with Gasteiger partial charge in [0.1, 0.15) is 5.58 Å². The van der Waals surface area contributed by atoms with Crippen LogP contribution in [0.5, 0.6) is 0 Å². The van der Waals surface area contributed by atoms with Gasteiger partial charge in [0, 0.05) is 46.0 Å². The third-order valence-electron chi connectivity index (χ3n) is 10.1. The SMILES string of the molecule is CC(C)C1CCC(C(C)C)C1c1ccnc(-c2[c-]cc([Si](C)(C)C)c3c2oc2ccccc23)c1.Cc1ccc(-c2[c-]cccc2)nc1.[Ir].